The van der Waals surface area contributed by atoms with Crippen LogP contribution >= 0.6 is 0 Å². The minimum atomic E-state index is -1.10. The van der Waals surface area contributed by atoms with E-state index < -0.39 is 5.97 Å². The van der Waals surface area contributed by atoms with Gasteiger partial charge in [0.15, 0.2) is 0 Å². The van der Waals surface area contributed by atoms with Gasteiger partial charge in [-0.15, -0.1) is 0 Å². The van der Waals surface area contributed by atoms with E-state index >= 15 is 0 Å². The molecule has 0 aliphatic carbocycles. The molecule has 3 nitrogen and oxygen atoms in total. The van der Waals surface area contributed by atoms with E-state index in [0.29, 0.717) is 11.1 Å². The Bertz CT molecular complexity index is 548. The van der Waals surface area contributed by atoms with Crippen molar-refractivity contribution in [1.82, 2.24) is 0 Å². The highest BCUT2D eigenvalue weighted by Gasteiger charge is 2.13. The number of hydrogen-bond donors (Lipinski definition) is 1. The van der Waals surface area contributed by atoms with Crippen LogP contribution < -0.4 is 0 Å². The Morgan fingerprint density at radius 1 is 1.41 bits per heavy atom. The Balaban J connectivity index is 3.39. The molecule has 17 heavy (non-hydrogen) atoms. The molecule has 0 spiro atoms. The highest BCUT2D eigenvalue weighted by molar-refractivity contribution is 6.17. The Kier molecular flexibility index (Phi) is 4.02. The van der Waals surface area contributed by atoms with Crippen molar-refractivity contribution in [2.45, 2.75) is 0 Å². The quantitative estimate of drug-likeness (QED) is 0.487. The molecule has 0 amide bonds. The highest BCUT2D eigenvalue weighted by atomic mass is 16.4. The van der Waals surface area contributed by atoms with Crippen LogP contribution in [0.4, 0.5) is 0 Å². The molecular formula is C14H11NO2. The van der Waals surface area contributed by atoms with Crippen LogP contribution in [0.1, 0.15) is 11.1 Å². The van der Waals surface area contributed by atoms with Crippen molar-refractivity contribution >= 4 is 17.6 Å². The highest BCUT2D eigenvalue weighted by Crippen LogP contribution is 2.21. The standard InChI is InChI=1S/C14H11NO2/c1-3-11-6-4-5-7-12(11)13(14(16)17)8-10(2)9-15/h3-8H,1-2H2,(H,16,17)/b13-8-. The van der Waals surface area contributed by atoms with Crippen LogP contribution in [0.3, 0.4) is 0 Å². The lowest BCUT2D eigenvalue weighted by molar-refractivity contribution is -0.130. The number of nitriles is 1. The predicted octanol–water partition coefficient (Wildman–Crippen LogP) is 2.88. The molecule has 0 bridgehead atoms. The molecule has 1 N–H and O–H groups in total. The average Bonchev–Trinajstić information content (AvgIpc) is 2.35. The number of carboxylic acids is 1. The number of hydrogen-bond acceptors (Lipinski definition) is 2. The summed E-state index contributed by atoms with van der Waals surface area (Å²) >= 11 is 0. The minimum Gasteiger partial charge on any atom is -0.478 e. The maximum atomic E-state index is 11.2. The van der Waals surface area contributed by atoms with E-state index in [0.717, 1.165) is 0 Å². The lowest BCUT2D eigenvalue weighted by Gasteiger charge is -2.06. The van der Waals surface area contributed by atoms with E-state index in [9.17, 15) is 4.79 Å². The van der Waals surface area contributed by atoms with Gasteiger partial charge in [-0.3, -0.25) is 0 Å². The van der Waals surface area contributed by atoms with Gasteiger partial charge in [-0.1, -0.05) is 43.5 Å². The molecule has 1 aromatic carbocycles. The van der Waals surface area contributed by atoms with E-state index in [4.69, 9.17) is 10.4 Å². The van der Waals surface area contributed by atoms with Gasteiger partial charge in [0, 0.05) is 5.57 Å². The smallest absolute Gasteiger partial charge is 0.336 e. The van der Waals surface area contributed by atoms with Crippen molar-refractivity contribution in [3.05, 3.63) is 60.2 Å². The zero-order valence-corrected chi connectivity index (χ0v) is 9.18. The summed E-state index contributed by atoms with van der Waals surface area (Å²) in [6.45, 7) is 7.07. The maximum absolute atomic E-state index is 11.2. The molecular weight excluding hydrogens is 214 g/mol. The van der Waals surface area contributed by atoms with E-state index in [1.807, 2.05) is 0 Å². The SMILES string of the molecule is C=Cc1ccccc1/C(=C/C(=C)C#N)C(=O)O. The summed E-state index contributed by atoms with van der Waals surface area (Å²) in [5.74, 6) is -1.10. The molecule has 84 valence electrons. The van der Waals surface area contributed by atoms with Crippen LogP contribution in [0.2, 0.25) is 0 Å². The van der Waals surface area contributed by atoms with E-state index in [2.05, 4.69) is 13.2 Å². The maximum Gasteiger partial charge on any atom is 0.336 e. The lowest BCUT2D eigenvalue weighted by Crippen LogP contribution is -2.01. The molecule has 0 saturated carbocycles. The van der Waals surface area contributed by atoms with Crippen molar-refractivity contribution < 1.29 is 9.90 Å². The first-order valence-electron chi connectivity index (χ1n) is 4.86. The van der Waals surface area contributed by atoms with Crippen molar-refractivity contribution in [2.75, 3.05) is 0 Å². The van der Waals surface area contributed by atoms with Crippen molar-refractivity contribution in [3.63, 3.8) is 0 Å². The third-order valence-electron chi connectivity index (χ3n) is 2.16. The molecule has 0 aliphatic heterocycles. The second-order valence-corrected chi connectivity index (χ2v) is 3.29. The molecule has 0 atom stereocenters. The number of aliphatic carboxylic acids is 1. The third kappa shape index (κ3) is 2.93. The molecule has 0 saturated heterocycles. The van der Waals surface area contributed by atoms with Gasteiger partial charge in [0.2, 0.25) is 0 Å². The lowest BCUT2D eigenvalue weighted by atomic mass is 9.98. The van der Waals surface area contributed by atoms with Gasteiger partial charge in [0.1, 0.15) is 0 Å². The van der Waals surface area contributed by atoms with Gasteiger partial charge in [-0.05, 0) is 17.2 Å². The fraction of sp³-hybridized carbons (Fsp3) is 0. The summed E-state index contributed by atoms with van der Waals surface area (Å²) in [4.78, 5) is 11.2. The number of rotatable bonds is 4. The molecule has 0 radical (unpaired) electrons. The fourth-order valence-electron chi connectivity index (χ4n) is 1.38. The van der Waals surface area contributed by atoms with Crippen molar-refractivity contribution in [2.24, 2.45) is 0 Å². The predicted molar refractivity (Wildman–Crippen MR) is 66.9 cm³/mol. The van der Waals surface area contributed by atoms with Crippen LogP contribution in [0.5, 0.6) is 0 Å². The summed E-state index contributed by atoms with van der Waals surface area (Å²) in [6.07, 6.45) is 2.83. The Hall–Kier alpha value is -2.60. The molecule has 0 aromatic heterocycles. The molecule has 1 aromatic rings. The fourth-order valence-corrected chi connectivity index (χ4v) is 1.38. The van der Waals surface area contributed by atoms with Crippen LogP contribution in [0.15, 0.2) is 49.1 Å². The van der Waals surface area contributed by atoms with E-state index in [-0.39, 0.29) is 11.1 Å². The number of benzene rings is 1. The van der Waals surface area contributed by atoms with E-state index in [1.54, 1.807) is 36.4 Å². The average molecular weight is 225 g/mol. The van der Waals surface area contributed by atoms with Crippen LogP contribution in [-0.2, 0) is 4.79 Å². The van der Waals surface area contributed by atoms with Crippen molar-refractivity contribution in [3.8, 4) is 6.07 Å². The molecule has 0 unspecified atom stereocenters. The van der Waals surface area contributed by atoms with Crippen LogP contribution in [0, 0.1) is 11.3 Å². The van der Waals surface area contributed by atoms with Crippen molar-refractivity contribution in [1.29, 1.82) is 5.26 Å². The summed E-state index contributed by atoms with van der Waals surface area (Å²) in [7, 11) is 0. The van der Waals surface area contributed by atoms with Gasteiger partial charge in [-0.2, -0.15) is 5.26 Å². The van der Waals surface area contributed by atoms with Gasteiger partial charge in [-0.25, -0.2) is 4.79 Å². The number of carboxylic acid groups (broad SMARTS) is 1. The monoisotopic (exact) mass is 225 g/mol. The Morgan fingerprint density at radius 3 is 2.59 bits per heavy atom. The Labute approximate surface area is 99.6 Å². The zero-order valence-electron chi connectivity index (χ0n) is 9.18. The summed E-state index contributed by atoms with van der Waals surface area (Å²) in [6, 6.07) is 8.75. The molecule has 0 aliphatic rings. The largest absolute Gasteiger partial charge is 0.478 e. The molecule has 0 heterocycles. The number of nitrogens with zero attached hydrogens (tertiary/aromatic N) is 1. The molecule has 1 rings (SSSR count). The van der Waals surface area contributed by atoms with Crippen LogP contribution in [-0.4, -0.2) is 11.1 Å². The van der Waals surface area contributed by atoms with Gasteiger partial charge >= 0.3 is 5.97 Å². The normalized spacial score (nSPS) is 10.4. The Morgan fingerprint density at radius 2 is 2.06 bits per heavy atom. The summed E-state index contributed by atoms with van der Waals surface area (Å²) in [5.41, 5.74) is 1.35. The second kappa shape index (κ2) is 5.47. The summed E-state index contributed by atoms with van der Waals surface area (Å²) < 4.78 is 0. The number of allylic oxidation sites excluding steroid dienone is 2. The first-order chi connectivity index (χ1) is 8.10. The van der Waals surface area contributed by atoms with Gasteiger partial charge < -0.3 is 5.11 Å². The summed E-state index contributed by atoms with van der Waals surface area (Å²) in [5, 5.41) is 17.8. The number of carbonyl (C=O) groups is 1. The first kappa shape index (κ1) is 12.5. The third-order valence-corrected chi connectivity index (χ3v) is 2.16. The topological polar surface area (TPSA) is 61.1 Å². The first-order valence-corrected chi connectivity index (χ1v) is 4.86. The van der Waals surface area contributed by atoms with E-state index in [1.165, 1.54) is 6.08 Å². The van der Waals surface area contributed by atoms with Gasteiger partial charge in [0.05, 0.1) is 11.6 Å². The molecule has 0 fully saturated rings. The molecule has 3 heteroatoms. The second-order valence-electron chi connectivity index (χ2n) is 3.29. The minimum absolute atomic E-state index is 0.0343. The van der Waals surface area contributed by atoms with Gasteiger partial charge in [0.25, 0.3) is 0 Å². The zero-order chi connectivity index (χ0) is 12.8. The van der Waals surface area contributed by atoms with Crippen LogP contribution in [0.25, 0.3) is 11.6 Å².